The van der Waals surface area contributed by atoms with Crippen molar-refractivity contribution in [2.24, 2.45) is 11.3 Å². The molecule has 0 radical (unpaired) electrons. The zero-order valence-electron chi connectivity index (χ0n) is 14.1. The highest BCUT2D eigenvalue weighted by Gasteiger charge is 2.38. The van der Waals surface area contributed by atoms with Crippen LogP contribution in [0.2, 0.25) is 0 Å². The summed E-state index contributed by atoms with van der Waals surface area (Å²) in [5.74, 6) is -2.35. The molecule has 1 aliphatic heterocycles. The quantitative estimate of drug-likeness (QED) is 0.734. The lowest BCUT2D eigenvalue weighted by atomic mass is 9.82. The molecule has 1 unspecified atom stereocenters. The van der Waals surface area contributed by atoms with Crippen molar-refractivity contribution in [1.29, 1.82) is 0 Å². The number of alkyl halides is 6. The number of rotatable bonds is 2. The number of carboxylic acids is 1. The van der Waals surface area contributed by atoms with Gasteiger partial charge in [0.25, 0.3) is 0 Å². The number of carboxylic acid groups (broad SMARTS) is 1. The van der Waals surface area contributed by atoms with Gasteiger partial charge < -0.3 is 10.4 Å². The number of nitrogens with one attached hydrogen (secondary N) is 1. The highest BCUT2D eigenvalue weighted by atomic mass is 19.4. The van der Waals surface area contributed by atoms with E-state index in [0.29, 0.717) is 5.92 Å². The summed E-state index contributed by atoms with van der Waals surface area (Å²) in [6, 6.07) is 5.26. The first-order valence-electron chi connectivity index (χ1n) is 7.60. The van der Waals surface area contributed by atoms with Gasteiger partial charge in [0.1, 0.15) is 0 Å². The molecule has 0 saturated carbocycles. The number of hydrogen-bond acceptors (Lipinski definition) is 2. The standard InChI is InChI=1S/C15H18F3N.C2HF3O2/c1-14(2)10-19-9-13(14)8-5-11-3-6-12(7-4-11)15(16,17)18;3-2(4,5)1(6)7/h3-8,13,19H,9-10H2,1-2H3;(H,6,7). The molecule has 9 heteroatoms. The SMILES string of the molecule is CC1(C)CNCC1C=Cc1ccc(C(F)(F)F)cc1.O=C(O)C(F)(F)F. The molecule has 2 N–H and O–H groups in total. The first kappa shape index (κ1) is 22.0. The first-order chi connectivity index (χ1) is 11.7. The molecule has 1 heterocycles. The molecule has 1 aromatic carbocycles. The van der Waals surface area contributed by atoms with E-state index in [1.165, 1.54) is 12.1 Å². The van der Waals surface area contributed by atoms with Gasteiger partial charge in [-0.25, -0.2) is 4.79 Å². The second-order valence-corrected chi connectivity index (χ2v) is 6.51. The maximum Gasteiger partial charge on any atom is 0.490 e. The second-order valence-electron chi connectivity index (χ2n) is 6.51. The fourth-order valence-corrected chi connectivity index (χ4v) is 2.30. The molecule has 0 aliphatic carbocycles. The van der Waals surface area contributed by atoms with E-state index < -0.39 is 23.9 Å². The predicted octanol–water partition coefficient (Wildman–Crippen LogP) is 4.60. The van der Waals surface area contributed by atoms with Gasteiger partial charge in [0, 0.05) is 13.1 Å². The number of hydrogen-bond donors (Lipinski definition) is 2. The molecule has 1 fully saturated rings. The third-order valence-corrected chi connectivity index (χ3v) is 3.95. The van der Waals surface area contributed by atoms with Gasteiger partial charge in [-0.2, -0.15) is 26.3 Å². The zero-order chi connectivity index (χ0) is 20.2. The van der Waals surface area contributed by atoms with Gasteiger partial charge in [-0.3, -0.25) is 0 Å². The third-order valence-electron chi connectivity index (χ3n) is 3.95. The van der Waals surface area contributed by atoms with E-state index in [1.807, 2.05) is 6.08 Å². The van der Waals surface area contributed by atoms with Gasteiger partial charge in [-0.1, -0.05) is 38.1 Å². The monoisotopic (exact) mass is 383 g/mol. The van der Waals surface area contributed by atoms with Crippen molar-refractivity contribution in [3.8, 4) is 0 Å². The zero-order valence-corrected chi connectivity index (χ0v) is 14.1. The smallest absolute Gasteiger partial charge is 0.475 e. The van der Waals surface area contributed by atoms with E-state index >= 15 is 0 Å². The number of aliphatic carboxylic acids is 1. The Balaban J connectivity index is 0.000000412. The molecule has 3 nitrogen and oxygen atoms in total. The van der Waals surface area contributed by atoms with Crippen LogP contribution < -0.4 is 5.32 Å². The highest BCUT2D eigenvalue weighted by Crippen LogP contribution is 2.32. The van der Waals surface area contributed by atoms with Crippen LogP contribution >= 0.6 is 0 Å². The van der Waals surface area contributed by atoms with Crippen molar-refractivity contribution >= 4 is 12.0 Å². The lowest BCUT2D eigenvalue weighted by Gasteiger charge is -2.22. The molecule has 1 atom stereocenters. The average Bonchev–Trinajstić information content (AvgIpc) is 2.83. The maximum absolute atomic E-state index is 12.4. The number of halogens is 6. The average molecular weight is 383 g/mol. The lowest BCUT2D eigenvalue weighted by molar-refractivity contribution is -0.192. The highest BCUT2D eigenvalue weighted by molar-refractivity contribution is 5.73. The molecule has 0 amide bonds. The van der Waals surface area contributed by atoms with Crippen LogP contribution in [-0.4, -0.2) is 30.3 Å². The molecule has 26 heavy (non-hydrogen) atoms. The Morgan fingerprint density at radius 3 is 2.00 bits per heavy atom. The van der Waals surface area contributed by atoms with E-state index in [1.54, 1.807) is 0 Å². The van der Waals surface area contributed by atoms with Crippen LogP contribution in [-0.2, 0) is 11.0 Å². The lowest BCUT2D eigenvalue weighted by Crippen LogP contribution is -2.21. The summed E-state index contributed by atoms with van der Waals surface area (Å²) in [7, 11) is 0. The Kier molecular flexibility index (Phi) is 6.87. The first-order valence-corrected chi connectivity index (χ1v) is 7.60. The van der Waals surface area contributed by atoms with Gasteiger partial charge in [0.2, 0.25) is 0 Å². The molecular weight excluding hydrogens is 364 g/mol. The molecule has 0 spiro atoms. The summed E-state index contributed by atoms with van der Waals surface area (Å²) in [4.78, 5) is 8.90. The minimum Gasteiger partial charge on any atom is -0.475 e. The summed E-state index contributed by atoms with van der Waals surface area (Å²) in [5, 5.41) is 10.5. The van der Waals surface area contributed by atoms with Gasteiger partial charge >= 0.3 is 18.3 Å². The van der Waals surface area contributed by atoms with Gasteiger partial charge in [0.15, 0.2) is 0 Å². The van der Waals surface area contributed by atoms with E-state index in [0.717, 1.165) is 30.8 Å². The third kappa shape index (κ3) is 6.70. The Morgan fingerprint density at radius 1 is 1.15 bits per heavy atom. The van der Waals surface area contributed by atoms with Crippen molar-refractivity contribution in [3.63, 3.8) is 0 Å². The van der Waals surface area contributed by atoms with Crippen LogP contribution in [0.1, 0.15) is 25.0 Å². The van der Waals surface area contributed by atoms with Gasteiger partial charge in [-0.15, -0.1) is 0 Å². The molecule has 0 aromatic heterocycles. The van der Waals surface area contributed by atoms with Crippen molar-refractivity contribution in [2.75, 3.05) is 13.1 Å². The van der Waals surface area contributed by atoms with Gasteiger partial charge in [0.05, 0.1) is 5.56 Å². The van der Waals surface area contributed by atoms with Crippen LogP contribution in [0.25, 0.3) is 6.08 Å². The minimum absolute atomic E-state index is 0.197. The van der Waals surface area contributed by atoms with Gasteiger partial charge in [-0.05, 0) is 29.0 Å². The molecule has 146 valence electrons. The van der Waals surface area contributed by atoms with Crippen LogP contribution in [0, 0.1) is 11.3 Å². The van der Waals surface area contributed by atoms with Crippen LogP contribution in [0.15, 0.2) is 30.3 Å². The summed E-state index contributed by atoms with van der Waals surface area (Å²) < 4.78 is 69.0. The van der Waals surface area contributed by atoms with Crippen molar-refractivity contribution in [2.45, 2.75) is 26.2 Å². The van der Waals surface area contributed by atoms with Crippen LogP contribution in [0.5, 0.6) is 0 Å². The normalized spacial score (nSPS) is 19.9. The Labute approximate surface area is 146 Å². The second kappa shape index (κ2) is 8.11. The Bertz CT molecular complexity index is 632. The molecule has 1 saturated heterocycles. The van der Waals surface area contributed by atoms with E-state index in [9.17, 15) is 26.3 Å². The summed E-state index contributed by atoms with van der Waals surface area (Å²) in [5.41, 5.74) is 0.394. The van der Waals surface area contributed by atoms with E-state index in [-0.39, 0.29) is 5.41 Å². The molecule has 1 aromatic rings. The maximum atomic E-state index is 12.4. The topological polar surface area (TPSA) is 49.3 Å². The van der Waals surface area contributed by atoms with Crippen molar-refractivity contribution in [3.05, 3.63) is 41.5 Å². The fraction of sp³-hybridized carbons (Fsp3) is 0.471. The molecule has 0 bridgehead atoms. The van der Waals surface area contributed by atoms with Crippen LogP contribution in [0.3, 0.4) is 0 Å². The van der Waals surface area contributed by atoms with E-state index in [4.69, 9.17) is 9.90 Å². The summed E-state index contributed by atoms with van der Waals surface area (Å²) in [6.45, 7) is 6.27. The molecule has 1 aliphatic rings. The largest absolute Gasteiger partial charge is 0.490 e. The van der Waals surface area contributed by atoms with Crippen LogP contribution in [0.4, 0.5) is 26.3 Å². The summed E-state index contributed by atoms with van der Waals surface area (Å²) in [6.07, 6.45) is -5.36. The minimum atomic E-state index is -5.08. The fourth-order valence-electron chi connectivity index (χ4n) is 2.30. The number of carbonyl (C=O) groups is 1. The van der Waals surface area contributed by atoms with Crippen molar-refractivity contribution in [1.82, 2.24) is 5.32 Å². The Morgan fingerprint density at radius 2 is 1.65 bits per heavy atom. The van der Waals surface area contributed by atoms with Crippen molar-refractivity contribution < 1.29 is 36.2 Å². The predicted molar refractivity (Wildman–Crippen MR) is 84.3 cm³/mol. The van der Waals surface area contributed by atoms with E-state index in [2.05, 4.69) is 25.2 Å². The summed E-state index contributed by atoms with van der Waals surface area (Å²) >= 11 is 0. The number of benzene rings is 1. The molecular formula is C17H19F6NO2. The Hall–Kier alpha value is -2.03. The molecule has 2 rings (SSSR count).